The van der Waals surface area contributed by atoms with Gasteiger partial charge >= 0.3 is 12.2 Å². The Labute approximate surface area is 160 Å². The predicted octanol–water partition coefficient (Wildman–Crippen LogP) is 3.49. The fourth-order valence-electron chi connectivity index (χ4n) is 2.93. The van der Waals surface area contributed by atoms with Crippen LogP contribution < -0.4 is 5.32 Å². The second-order valence-corrected chi connectivity index (χ2v) is 7.78. The molecule has 1 aromatic rings. The summed E-state index contributed by atoms with van der Waals surface area (Å²) in [5, 5.41) is 11.9. The molecule has 0 saturated carbocycles. The summed E-state index contributed by atoms with van der Waals surface area (Å²) in [5.74, 6) is 0. The number of hydrogen-bond donors (Lipinski definition) is 1. The highest BCUT2D eigenvalue weighted by molar-refractivity contribution is 5.69. The van der Waals surface area contributed by atoms with E-state index in [2.05, 4.69) is 11.4 Å². The van der Waals surface area contributed by atoms with Crippen LogP contribution >= 0.6 is 0 Å². The van der Waals surface area contributed by atoms with Crippen molar-refractivity contribution in [3.8, 4) is 6.07 Å². The van der Waals surface area contributed by atoms with Crippen LogP contribution in [0.4, 0.5) is 9.59 Å². The van der Waals surface area contributed by atoms with Crippen molar-refractivity contribution in [2.45, 2.75) is 58.8 Å². The molecule has 2 rings (SSSR count). The molecule has 1 aliphatic heterocycles. The molecule has 0 atom stereocenters. The van der Waals surface area contributed by atoms with E-state index in [-0.39, 0.29) is 18.7 Å². The third-order valence-corrected chi connectivity index (χ3v) is 4.10. The first-order valence-corrected chi connectivity index (χ1v) is 9.08. The van der Waals surface area contributed by atoms with Crippen LogP contribution in [0.5, 0.6) is 0 Å². The number of alkyl carbamates (subject to hydrolysis) is 1. The highest BCUT2D eigenvalue weighted by Crippen LogP contribution is 2.15. The molecule has 27 heavy (non-hydrogen) atoms. The van der Waals surface area contributed by atoms with E-state index in [4.69, 9.17) is 14.7 Å². The first-order chi connectivity index (χ1) is 12.7. The van der Waals surface area contributed by atoms with Crippen molar-refractivity contribution >= 4 is 12.2 Å². The van der Waals surface area contributed by atoms with Crippen LogP contribution in [0.15, 0.2) is 18.2 Å². The van der Waals surface area contributed by atoms with Crippen molar-refractivity contribution in [2.75, 3.05) is 13.1 Å². The molecule has 0 aromatic heterocycles. The summed E-state index contributed by atoms with van der Waals surface area (Å²) in [4.78, 5) is 25.7. The summed E-state index contributed by atoms with van der Waals surface area (Å²) < 4.78 is 10.6. The van der Waals surface area contributed by atoms with E-state index in [1.807, 2.05) is 33.8 Å². The lowest BCUT2D eigenvalue weighted by atomic mass is 10.1. The molecule has 7 heteroatoms. The molecular weight excluding hydrogens is 346 g/mol. The molecule has 0 spiro atoms. The summed E-state index contributed by atoms with van der Waals surface area (Å²) in [6.07, 6.45) is 0.483. The number of hydrogen-bond acceptors (Lipinski definition) is 5. The predicted molar refractivity (Wildman–Crippen MR) is 100 cm³/mol. The van der Waals surface area contributed by atoms with Gasteiger partial charge in [0.2, 0.25) is 0 Å². The molecule has 146 valence electrons. The first-order valence-electron chi connectivity index (χ1n) is 9.08. The van der Waals surface area contributed by atoms with Gasteiger partial charge in [0.05, 0.1) is 11.6 Å². The summed E-state index contributed by atoms with van der Waals surface area (Å²) in [7, 11) is 0. The number of piperidine rings is 1. The van der Waals surface area contributed by atoms with Crippen molar-refractivity contribution in [1.82, 2.24) is 10.2 Å². The molecule has 0 unspecified atom stereocenters. The lowest BCUT2D eigenvalue weighted by Gasteiger charge is -2.32. The maximum Gasteiger partial charge on any atom is 0.410 e. The van der Waals surface area contributed by atoms with Crippen LogP contribution in [-0.2, 0) is 16.1 Å². The van der Waals surface area contributed by atoms with Gasteiger partial charge in [0, 0.05) is 19.1 Å². The molecule has 7 nitrogen and oxygen atoms in total. The van der Waals surface area contributed by atoms with E-state index in [0.29, 0.717) is 31.5 Å². The third-order valence-electron chi connectivity index (χ3n) is 4.10. The number of aryl methyl sites for hydroxylation is 1. The number of rotatable bonds is 3. The molecular formula is C20H27N3O4. The summed E-state index contributed by atoms with van der Waals surface area (Å²) in [6, 6.07) is 7.48. The largest absolute Gasteiger partial charge is 0.445 e. The number of carbonyl (C=O) groups is 2. The molecule has 2 amide bonds. The van der Waals surface area contributed by atoms with Gasteiger partial charge in [-0.05, 0) is 63.8 Å². The summed E-state index contributed by atoms with van der Waals surface area (Å²) in [6.45, 7) is 8.50. The van der Waals surface area contributed by atoms with Gasteiger partial charge in [-0.3, -0.25) is 0 Å². The second-order valence-electron chi connectivity index (χ2n) is 7.78. The van der Waals surface area contributed by atoms with Gasteiger partial charge in [-0.2, -0.15) is 5.26 Å². The standard InChI is InChI=1S/C20H27N3O4/c1-14-9-15(12-21)11-16(10-14)13-26-19(25)23-7-5-17(6-8-23)22-18(24)27-20(2,3)4/h9-11,17H,5-8,13H2,1-4H3,(H,22,24). The number of nitriles is 1. The van der Waals surface area contributed by atoms with Gasteiger partial charge < -0.3 is 19.7 Å². The van der Waals surface area contributed by atoms with Gasteiger partial charge in [-0.15, -0.1) is 0 Å². The minimum atomic E-state index is -0.532. The van der Waals surface area contributed by atoms with Gasteiger partial charge in [0.25, 0.3) is 0 Å². The Morgan fingerprint density at radius 2 is 1.93 bits per heavy atom. The average Bonchev–Trinajstić information content (AvgIpc) is 2.58. The Morgan fingerprint density at radius 1 is 1.26 bits per heavy atom. The van der Waals surface area contributed by atoms with Gasteiger partial charge in [0.15, 0.2) is 0 Å². The highest BCUT2D eigenvalue weighted by Gasteiger charge is 2.26. The Hall–Kier alpha value is -2.75. The molecule has 1 aromatic carbocycles. The van der Waals surface area contributed by atoms with Crippen LogP contribution in [0.3, 0.4) is 0 Å². The van der Waals surface area contributed by atoms with Crippen molar-refractivity contribution in [1.29, 1.82) is 5.26 Å². The number of amides is 2. The highest BCUT2D eigenvalue weighted by atomic mass is 16.6. The zero-order valence-electron chi connectivity index (χ0n) is 16.4. The van der Waals surface area contributed by atoms with Gasteiger partial charge in [-0.25, -0.2) is 9.59 Å². The molecule has 1 N–H and O–H groups in total. The van der Waals surface area contributed by atoms with Crippen LogP contribution in [0.2, 0.25) is 0 Å². The van der Waals surface area contributed by atoms with E-state index in [1.165, 1.54) is 0 Å². The molecule has 1 saturated heterocycles. The van der Waals surface area contributed by atoms with Crippen molar-refractivity contribution in [3.63, 3.8) is 0 Å². The van der Waals surface area contributed by atoms with E-state index in [9.17, 15) is 9.59 Å². The van der Waals surface area contributed by atoms with Gasteiger partial charge in [-0.1, -0.05) is 6.07 Å². The van der Waals surface area contributed by atoms with Crippen LogP contribution in [0.25, 0.3) is 0 Å². The van der Waals surface area contributed by atoms with E-state index >= 15 is 0 Å². The molecule has 1 aliphatic rings. The van der Waals surface area contributed by atoms with Crippen LogP contribution in [0.1, 0.15) is 50.3 Å². The molecule has 1 fully saturated rings. The van der Waals surface area contributed by atoms with E-state index in [0.717, 1.165) is 11.1 Å². The van der Waals surface area contributed by atoms with Gasteiger partial charge in [0.1, 0.15) is 12.2 Å². The number of likely N-dealkylation sites (tertiary alicyclic amines) is 1. The lowest BCUT2D eigenvalue weighted by molar-refractivity contribution is 0.0471. The van der Waals surface area contributed by atoms with Crippen molar-refractivity contribution < 1.29 is 19.1 Å². The number of nitrogens with zero attached hydrogens (tertiary/aromatic N) is 2. The third kappa shape index (κ3) is 6.81. The Balaban J connectivity index is 1.77. The Bertz CT molecular complexity index is 726. The minimum Gasteiger partial charge on any atom is -0.445 e. The fraction of sp³-hybridized carbons (Fsp3) is 0.550. The SMILES string of the molecule is Cc1cc(C#N)cc(COC(=O)N2CCC(NC(=O)OC(C)(C)C)CC2)c1. The Morgan fingerprint density at radius 3 is 2.52 bits per heavy atom. The topological polar surface area (TPSA) is 91.7 Å². The summed E-state index contributed by atoms with van der Waals surface area (Å²) >= 11 is 0. The molecule has 0 aliphatic carbocycles. The van der Waals surface area contributed by atoms with Crippen molar-refractivity contribution in [2.24, 2.45) is 0 Å². The van der Waals surface area contributed by atoms with Crippen LogP contribution in [0, 0.1) is 18.3 Å². The maximum absolute atomic E-state index is 12.3. The molecule has 1 heterocycles. The normalized spacial score (nSPS) is 15.0. The fourth-order valence-corrected chi connectivity index (χ4v) is 2.93. The second kappa shape index (κ2) is 8.76. The monoisotopic (exact) mass is 373 g/mol. The van der Waals surface area contributed by atoms with E-state index < -0.39 is 11.7 Å². The zero-order chi connectivity index (χ0) is 20.0. The zero-order valence-corrected chi connectivity index (χ0v) is 16.4. The maximum atomic E-state index is 12.3. The average molecular weight is 373 g/mol. The molecule has 0 bridgehead atoms. The first kappa shape index (κ1) is 20.6. The smallest absolute Gasteiger partial charge is 0.410 e. The van der Waals surface area contributed by atoms with Crippen molar-refractivity contribution in [3.05, 3.63) is 34.9 Å². The van der Waals surface area contributed by atoms with E-state index in [1.54, 1.807) is 17.0 Å². The number of ether oxygens (including phenoxy) is 2. The Kier molecular flexibility index (Phi) is 6.67. The number of benzene rings is 1. The minimum absolute atomic E-state index is 0.0149. The number of nitrogens with one attached hydrogen (secondary N) is 1. The lowest BCUT2D eigenvalue weighted by Crippen LogP contribution is -2.47. The summed E-state index contributed by atoms with van der Waals surface area (Å²) in [5.41, 5.74) is 1.76. The van der Waals surface area contributed by atoms with Crippen LogP contribution in [-0.4, -0.2) is 41.8 Å². The number of carbonyl (C=O) groups excluding carboxylic acids is 2. The molecule has 0 radical (unpaired) electrons. The quantitative estimate of drug-likeness (QED) is 0.875.